The molecule has 0 aliphatic heterocycles. The first-order valence-electron chi connectivity index (χ1n) is 8.51. The molecule has 1 amide bonds. The molecule has 0 saturated carbocycles. The van der Waals surface area contributed by atoms with Crippen molar-refractivity contribution in [2.24, 2.45) is 4.99 Å². The van der Waals surface area contributed by atoms with E-state index in [1.807, 2.05) is 36.6 Å². The molecule has 8 heteroatoms. The highest BCUT2D eigenvalue weighted by atomic mass is 32.1. The molecule has 0 N–H and O–H groups in total. The second-order valence-corrected chi connectivity index (χ2v) is 6.89. The summed E-state index contributed by atoms with van der Waals surface area (Å²) in [5.41, 5.74) is 2.17. The van der Waals surface area contributed by atoms with Gasteiger partial charge >= 0.3 is 0 Å². The van der Waals surface area contributed by atoms with Crippen LogP contribution in [0.5, 0.6) is 0 Å². The van der Waals surface area contributed by atoms with E-state index >= 15 is 0 Å². The van der Waals surface area contributed by atoms with Gasteiger partial charge in [-0.25, -0.2) is 0 Å². The minimum Gasteiger partial charge on any atom is -0.380 e. The number of fused-ring (bicyclic) bond motifs is 1. The van der Waals surface area contributed by atoms with Gasteiger partial charge in [-0.2, -0.15) is 4.99 Å². The zero-order valence-electron chi connectivity index (χ0n) is 15.0. The first kappa shape index (κ1) is 18.9. The number of nitro benzene ring substituents is 1. The molecule has 1 aromatic heterocycles. The monoisotopic (exact) mass is 385 g/mol. The number of aromatic nitrogens is 1. The van der Waals surface area contributed by atoms with Crippen LogP contribution >= 0.6 is 11.3 Å². The number of amides is 1. The van der Waals surface area contributed by atoms with Crippen LogP contribution < -0.4 is 4.80 Å². The number of carbonyl (C=O) groups is 1. The lowest BCUT2D eigenvalue weighted by Crippen LogP contribution is -2.20. The lowest BCUT2D eigenvalue weighted by atomic mass is 10.2. The van der Waals surface area contributed by atoms with Crippen molar-refractivity contribution in [3.8, 4) is 0 Å². The maximum absolute atomic E-state index is 12.6. The van der Waals surface area contributed by atoms with Crippen molar-refractivity contribution >= 4 is 33.1 Å². The first-order chi connectivity index (χ1) is 13.0. The molecule has 0 saturated heterocycles. The second-order valence-electron chi connectivity index (χ2n) is 5.88. The molecule has 7 nitrogen and oxygen atoms in total. The highest BCUT2D eigenvalue weighted by molar-refractivity contribution is 7.16. The molecule has 0 bridgehead atoms. The Morgan fingerprint density at radius 2 is 2.07 bits per heavy atom. The van der Waals surface area contributed by atoms with E-state index in [0.29, 0.717) is 24.6 Å². The average Bonchev–Trinajstić information content (AvgIpc) is 3.00. The molecular weight excluding hydrogens is 366 g/mol. The number of hydrogen-bond acceptors (Lipinski definition) is 5. The van der Waals surface area contributed by atoms with Crippen LogP contribution in [-0.2, 0) is 11.3 Å². The number of carbonyl (C=O) groups excluding carboxylic acids is 1. The number of para-hydroxylation sites is 1. The largest absolute Gasteiger partial charge is 0.380 e. The summed E-state index contributed by atoms with van der Waals surface area (Å²) >= 11 is 1.42. The zero-order valence-corrected chi connectivity index (χ0v) is 15.9. The van der Waals surface area contributed by atoms with E-state index in [2.05, 4.69) is 4.99 Å². The summed E-state index contributed by atoms with van der Waals surface area (Å²) in [6.45, 7) is 5.63. The minimum absolute atomic E-state index is 0.132. The fraction of sp³-hybridized carbons (Fsp3) is 0.263. The van der Waals surface area contributed by atoms with Crippen molar-refractivity contribution in [3.63, 3.8) is 0 Å². The summed E-state index contributed by atoms with van der Waals surface area (Å²) in [5.74, 6) is -0.506. The summed E-state index contributed by atoms with van der Waals surface area (Å²) in [7, 11) is 0. The lowest BCUT2D eigenvalue weighted by molar-refractivity contribution is -0.384. The summed E-state index contributed by atoms with van der Waals surface area (Å²) in [4.78, 5) is 27.8. The Hall–Kier alpha value is -2.84. The van der Waals surface area contributed by atoms with Gasteiger partial charge in [0, 0.05) is 30.8 Å². The Morgan fingerprint density at radius 3 is 2.81 bits per heavy atom. The van der Waals surface area contributed by atoms with Gasteiger partial charge in [-0.05, 0) is 31.5 Å². The third kappa shape index (κ3) is 4.12. The van der Waals surface area contributed by atoms with Crippen molar-refractivity contribution in [2.45, 2.75) is 20.4 Å². The normalized spacial score (nSPS) is 11.9. The molecule has 140 valence electrons. The van der Waals surface area contributed by atoms with Gasteiger partial charge in [0.25, 0.3) is 11.6 Å². The van der Waals surface area contributed by atoms with Crippen molar-refractivity contribution in [1.29, 1.82) is 0 Å². The maximum Gasteiger partial charge on any atom is 0.279 e. The van der Waals surface area contributed by atoms with Crippen LogP contribution in [0.4, 0.5) is 5.69 Å². The number of benzene rings is 2. The molecule has 27 heavy (non-hydrogen) atoms. The smallest absolute Gasteiger partial charge is 0.279 e. The van der Waals surface area contributed by atoms with E-state index < -0.39 is 10.8 Å². The Balaban J connectivity index is 2.08. The van der Waals surface area contributed by atoms with Gasteiger partial charge in [0.1, 0.15) is 0 Å². The highest BCUT2D eigenvalue weighted by Gasteiger charge is 2.13. The van der Waals surface area contributed by atoms with Crippen LogP contribution in [0.1, 0.15) is 22.8 Å². The minimum atomic E-state index is -0.526. The quantitative estimate of drug-likeness (QED) is 0.368. The number of ether oxygens (including phenoxy) is 1. The Bertz CT molecular complexity index is 1070. The summed E-state index contributed by atoms with van der Waals surface area (Å²) in [6.07, 6.45) is 0. The lowest BCUT2D eigenvalue weighted by Gasteiger charge is -2.07. The molecule has 3 rings (SSSR count). The van der Waals surface area contributed by atoms with Crippen molar-refractivity contribution in [2.75, 3.05) is 13.2 Å². The fourth-order valence-electron chi connectivity index (χ4n) is 2.80. The van der Waals surface area contributed by atoms with Crippen molar-refractivity contribution in [3.05, 3.63) is 68.5 Å². The Kier molecular flexibility index (Phi) is 5.78. The predicted octanol–water partition coefficient (Wildman–Crippen LogP) is 3.70. The fourth-order valence-corrected chi connectivity index (χ4v) is 3.94. The molecule has 0 atom stereocenters. The SMILES string of the molecule is CCOCCn1c(=NC(=O)c2cccc([N+](=O)[O-])c2)sc2cccc(C)c21. The van der Waals surface area contributed by atoms with Crippen LogP contribution in [0.2, 0.25) is 0 Å². The Morgan fingerprint density at radius 1 is 1.30 bits per heavy atom. The molecule has 0 unspecified atom stereocenters. The molecule has 1 heterocycles. The summed E-state index contributed by atoms with van der Waals surface area (Å²) in [6, 6.07) is 11.6. The second kappa shape index (κ2) is 8.24. The maximum atomic E-state index is 12.6. The van der Waals surface area contributed by atoms with Gasteiger partial charge in [0.15, 0.2) is 4.80 Å². The van der Waals surface area contributed by atoms with Crippen LogP contribution in [0.25, 0.3) is 10.2 Å². The summed E-state index contributed by atoms with van der Waals surface area (Å²) < 4.78 is 8.46. The molecule has 2 aromatic carbocycles. The highest BCUT2D eigenvalue weighted by Crippen LogP contribution is 2.21. The molecule has 0 spiro atoms. The standard InChI is InChI=1S/C19H19N3O4S/c1-3-26-11-10-21-17-13(2)6-4-9-16(17)27-19(21)20-18(23)14-7-5-8-15(12-14)22(24)25/h4-9,12H,3,10-11H2,1-2H3. The van der Waals surface area contributed by atoms with Crippen molar-refractivity contribution < 1.29 is 14.5 Å². The molecule has 0 aliphatic rings. The van der Waals surface area contributed by atoms with Gasteiger partial charge in [0.05, 0.1) is 21.7 Å². The van der Waals surface area contributed by atoms with Crippen molar-refractivity contribution in [1.82, 2.24) is 4.57 Å². The average molecular weight is 385 g/mol. The van der Waals surface area contributed by atoms with E-state index in [1.54, 1.807) is 0 Å². The number of non-ortho nitro benzene ring substituents is 1. The summed E-state index contributed by atoms with van der Waals surface area (Å²) in [5, 5.41) is 10.9. The number of thiazole rings is 1. The number of rotatable bonds is 6. The Labute approximate surface area is 159 Å². The van der Waals surface area contributed by atoms with Gasteiger partial charge in [-0.3, -0.25) is 14.9 Å². The predicted molar refractivity (Wildman–Crippen MR) is 104 cm³/mol. The molecule has 3 aromatic rings. The van der Waals surface area contributed by atoms with E-state index in [0.717, 1.165) is 15.8 Å². The van der Waals surface area contributed by atoms with E-state index in [1.165, 1.54) is 35.6 Å². The van der Waals surface area contributed by atoms with E-state index in [4.69, 9.17) is 4.74 Å². The van der Waals surface area contributed by atoms with E-state index in [9.17, 15) is 14.9 Å². The van der Waals surface area contributed by atoms with Gasteiger partial charge in [-0.15, -0.1) is 0 Å². The van der Waals surface area contributed by atoms with Crippen LogP contribution in [0, 0.1) is 17.0 Å². The topological polar surface area (TPSA) is 86.7 Å². The first-order valence-corrected chi connectivity index (χ1v) is 9.33. The molecule has 0 aliphatic carbocycles. The number of hydrogen-bond donors (Lipinski definition) is 0. The molecule has 0 fully saturated rings. The zero-order chi connectivity index (χ0) is 19.4. The number of aryl methyl sites for hydroxylation is 1. The van der Waals surface area contributed by atoms with Crippen LogP contribution in [-0.4, -0.2) is 28.6 Å². The number of nitro groups is 1. The van der Waals surface area contributed by atoms with Crippen LogP contribution in [0.15, 0.2) is 47.5 Å². The van der Waals surface area contributed by atoms with Gasteiger partial charge in [0.2, 0.25) is 0 Å². The van der Waals surface area contributed by atoms with E-state index in [-0.39, 0.29) is 11.3 Å². The third-order valence-corrected chi connectivity index (χ3v) is 5.11. The number of nitrogens with zero attached hydrogens (tertiary/aromatic N) is 3. The molecular formula is C19H19N3O4S. The van der Waals surface area contributed by atoms with Crippen LogP contribution in [0.3, 0.4) is 0 Å². The van der Waals surface area contributed by atoms with Gasteiger partial charge in [-0.1, -0.05) is 29.5 Å². The molecule has 0 radical (unpaired) electrons. The van der Waals surface area contributed by atoms with Gasteiger partial charge < -0.3 is 9.30 Å². The third-order valence-electron chi connectivity index (χ3n) is 4.07.